The molecule has 2 amide bonds. The summed E-state index contributed by atoms with van der Waals surface area (Å²) in [5.41, 5.74) is 2.83. The predicted molar refractivity (Wildman–Crippen MR) is 128 cm³/mol. The Kier molecular flexibility index (Phi) is 7.53. The van der Waals surface area contributed by atoms with Gasteiger partial charge in [-0.25, -0.2) is 4.39 Å². The van der Waals surface area contributed by atoms with Crippen LogP contribution in [0, 0.1) is 11.7 Å². The van der Waals surface area contributed by atoms with E-state index in [0.717, 1.165) is 11.3 Å². The molecule has 33 heavy (non-hydrogen) atoms. The Hall–Kier alpha value is -3.61. The molecule has 0 aliphatic heterocycles. The van der Waals surface area contributed by atoms with Gasteiger partial charge in [0.05, 0.1) is 6.26 Å². The zero-order chi connectivity index (χ0) is 24.1. The highest BCUT2D eigenvalue weighted by molar-refractivity contribution is 6.02. The second-order valence-corrected chi connectivity index (χ2v) is 8.59. The highest BCUT2D eigenvalue weighted by Crippen LogP contribution is 2.27. The molecule has 0 aliphatic carbocycles. The van der Waals surface area contributed by atoms with E-state index in [1.807, 2.05) is 44.1 Å². The van der Waals surface area contributed by atoms with Crippen molar-refractivity contribution in [2.24, 2.45) is 5.92 Å². The first kappa shape index (κ1) is 24.0. The number of carbonyl (C=O) groups is 2. The lowest BCUT2D eigenvalue weighted by atomic mass is 10.0. The van der Waals surface area contributed by atoms with Crippen LogP contribution in [0.15, 0.2) is 65.3 Å². The van der Waals surface area contributed by atoms with Crippen LogP contribution in [0.3, 0.4) is 0 Å². The fourth-order valence-electron chi connectivity index (χ4n) is 3.53. The van der Waals surface area contributed by atoms with Crippen LogP contribution in [0.1, 0.15) is 47.2 Å². The first-order valence-corrected chi connectivity index (χ1v) is 10.9. The van der Waals surface area contributed by atoms with Gasteiger partial charge in [-0.15, -0.1) is 0 Å². The minimum absolute atomic E-state index is 0.0704. The maximum atomic E-state index is 13.4. The van der Waals surface area contributed by atoms with Crippen molar-refractivity contribution in [3.05, 3.63) is 83.6 Å². The van der Waals surface area contributed by atoms with E-state index in [0.29, 0.717) is 17.8 Å². The maximum absolute atomic E-state index is 13.4. The van der Waals surface area contributed by atoms with E-state index in [1.165, 1.54) is 30.5 Å². The van der Waals surface area contributed by atoms with Gasteiger partial charge in [-0.3, -0.25) is 9.59 Å². The van der Waals surface area contributed by atoms with E-state index in [-0.39, 0.29) is 35.4 Å². The van der Waals surface area contributed by atoms with Crippen molar-refractivity contribution in [1.82, 2.24) is 4.90 Å². The fraction of sp³-hybridized carbons (Fsp3) is 0.308. The molecule has 0 fully saturated rings. The summed E-state index contributed by atoms with van der Waals surface area (Å²) in [6.07, 6.45) is 1.45. The van der Waals surface area contributed by atoms with Crippen LogP contribution >= 0.6 is 0 Å². The number of carbonyl (C=O) groups excluding carboxylic acids is 2. The number of anilines is 2. The summed E-state index contributed by atoms with van der Waals surface area (Å²) in [5, 5.41) is 2.85. The Balaban J connectivity index is 1.95. The molecule has 1 atom stereocenters. The van der Waals surface area contributed by atoms with Crippen LogP contribution in [-0.2, 0) is 6.54 Å². The molecule has 7 heteroatoms. The van der Waals surface area contributed by atoms with Gasteiger partial charge in [-0.2, -0.15) is 0 Å². The molecule has 0 saturated carbocycles. The molecule has 1 heterocycles. The van der Waals surface area contributed by atoms with E-state index in [2.05, 4.69) is 19.2 Å². The van der Waals surface area contributed by atoms with Crippen LogP contribution < -0.4 is 10.2 Å². The molecule has 174 valence electrons. The summed E-state index contributed by atoms with van der Waals surface area (Å²) < 4.78 is 18.6. The summed E-state index contributed by atoms with van der Waals surface area (Å²) in [5.74, 6) is -0.483. The van der Waals surface area contributed by atoms with Crippen molar-refractivity contribution in [2.75, 3.05) is 24.3 Å². The Labute approximate surface area is 194 Å². The fourth-order valence-corrected chi connectivity index (χ4v) is 3.53. The normalized spacial score (nSPS) is 11.8. The number of rotatable bonds is 8. The maximum Gasteiger partial charge on any atom is 0.291 e. The van der Waals surface area contributed by atoms with Gasteiger partial charge in [0.2, 0.25) is 0 Å². The van der Waals surface area contributed by atoms with Crippen molar-refractivity contribution in [3.63, 3.8) is 0 Å². The largest absolute Gasteiger partial charge is 0.459 e. The van der Waals surface area contributed by atoms with Crippen molar-refractivity contribution >= 4 is 23.2 Å². The third-order valence-corrected chi connectivity index (χ3v) is 5.71. The van der Waals surface area contributed by atoms with E-state index >= 15 is 0 Å². The molecule has 3 aromatic rings. The van der Waals surface area contributed by atoms with E-state index in [1.54, 1.807) is 17.0 Å². The molecule has 3 rings (SSSR count). The molecule has 1 N–H and O–H groups in total. The number of nitrogens with zero attached hydrogens (tertiary/aromatic N) is 2. The third kappa shape index (κ3) is 5.80. The second-order valence-electron chi connectivity index (χ2n) is 8.59. The Morgan fingerprint density at radius 2 is 1.73 bits per heavy atom. The summed E-state index contributed by atoms with van der Waals surface area (Å²) in [6, 6.07) is 14.4. The molecular formula is C26H30FN3O3. The van der Waals surface area contributed by atoms with Crippen molar-refractivity contribution in [1.29, 1.82) is 0 Å². The highest BCUT2D eigenvalue weighted by atomic mass is 19.1. The number of amides is 2. The Bertz CT molecular complexity index is 1090. The molecule has 0 radical (unpaired) electrons. The van der Waals surface area contributed by atoms with Gasteiger partial charge in [0.25, 0.3) is 11.8 Å². The minimum Gasteiger partial charge on any atom is -0.459 e. The van der Waals surface area contributed by atoms with Gasteiger partial charge >= 0.3 is 0 Å². The summed E-state index contributed by atoms with van der Waals surface area (Å²) in [7, 11) is 3.86. The molecule has 0 unspecified atom stereocenters. The summed E-state index contributed by atoms with van der Waals surface area (Å²) >= 11 is 0. The van der Waals surface area contributed by atoms with E-state index in [9.17, 15) is 14.0 Å². The number of nitrogens with one attached hydrogen (secondary N) is 1. The Morgan fingerprint density at radius 1 is 1.03 bits per heavy atom. The summed E-state index contributed by atoms with van der Waals surface area (Å²) in [4.78, 5) is 29.6. The van der Waals surface area contributed by atoms with Gasteiger partial charge in [0.15, 0.2) is 5.76 Å². The average molecular weight is 452 g/mol. The van der Waals surface area contributed by atoms with E-state index in [4.69, 9.17) is 4.42 Å². The quantitative estimate of drug-likeness (QED) is 0.496. The standard InChI is InChI=1S/C26H30FN3O3/c1-17(2)18(3)30(26(32)19-8-10-21(27)11-9-19)16-20-15-22(12-13-23(20)29(4)5)28-25(31)24-7-6-14-33-24/h6-15,17-18H,16H2,1-5H3,(H,28,31)/t18-/m0/s1. The van der Waals surface area contributed by atoms with Crippen molar-refractivity contribution < 1.29 is 18.4 Å². The van der Waals surface area contributed by atoms with Gasteiger partial charge in [0, 0.05) is 43.6 Å². The lowest BCUT2D eigenvalue weighted by Gasteiger charge is -2.33. The van der Waals surface area contributed by atoms with Crippen molar-refractivity contribution in [2.45, 2.75) is 33.4 Å². The number of hydrogen-bond donors (Lipinski definition) is 1. The Morgan fingerprint density at radius 3 is 2.30 bits per heavy atom. The average Bonchev–Trinajstić information content (AvgIpc) is 3.32. The first-order chi connectivity index (χ1) is 15.7. The molecule has 0 bridgehead atoms. The zero-order valence-electron chi connectivity index (χ0n) is 19.6. The number of halogens is 1. The molecule has 0 aliphatic rings. The monoisotopic (exact) mass is 451 g/mol. The molecule has 0 spiro atoms. The van der Waals surface area contributed by atoms with Gasteiger partial charge < -0.3 is 19.5 Å². The van der Waals surface area contributed by atoms with Crippen molar-refractivity contribution in [3.8, 4) is 0 Å². The third-order valence-electron chi connectivity index (χ3n) is 5.71. The molecule has 2 aromatic carbocycles. The minimum atomic E-state index is -0.384. The van der Waals surface area contributed by atoms with Gasteiger partial charge in [-0.05, 0) is 73.0 Å². The van der Waals surface area contributed by atoms with Crippen LogP contribution in [0.2, 0.25) is 0 Å². The number of benzene rings is 2. The van der Waals surface area contributed by atoms with Crippen LogP contribution in [0.5, 0.6) is 0 Å². The molecule has 6 nitrogen and oxygen atoms in total. The molecule has 0 saturated heterocycles. The topological polar surface area (TPSA) is 65.8 Å². The zero-order valence-corrected chi connectivity index (χ0v) is 19.6. The van der Waals surface area contributed by atoms with Gasteiger partial charge in [-0.1, -0.05) is 13.8 Å². The predicted octanol–water partition coefficient (Wildman–Crippen LogP) is 5.42. The molecule has 1 aromatic heterocycles. The lowest BCUT2D eigenvalue weighted by molar-refractivity contribution is 0.0628. The van der Waals surface area contributed by atoms with Crippen LogP contribution in [0.25, 0.3) is 0 Å². The van der Waals surface area contributed by atoms with Crippen LogP contribution in [-0.4, -0.2) is 36.9 Å². The van der Waals surface area contributed by atoms with Gasteiger partial charge in [0.1, 0.15) is 5.82 Å². The van der Waals surface area contributed by atoms with E-state index < -0.39 is 0 Å². The first-order valence-electron chi connectivity index (χ1n) is 10.9. The highest BCUT2D eigenvalue weighted by Gasteiger charge is 2.25. The number of hydrogen-bond acceptors (Lipinski definition) is 4. The smallest absolute Gasteiger partial charge is 0.291 e. The van der Waals surface area contributed by atoms with Crippen LogP contribution in [0.4, 0.5) is 15.8 Å². The molecular weight excluding hydrogens is 421 g/mol. The summed E-state index contributed by atoms with van der Waals surface area (Å²) in [6.45, 7) is 6.45. The lowest BCUT2D eigenvalue weighted by Crippen LogP contribution is -2.41. The number of furan rings is 1. The second kappa shape index (κ2) is 10.3. The SMILES string of the molecule is CC(C)[C@H](C)N(Cc1cc(NC(=O)c2ccco2)ccc1N(C)C)C(=O)c1ccc(F)cc1.